The third-order valence-corrected chi connectivity index (χ3v) is 9.18. The first kappa shape index (κ1) is 25.3. The minimum absolute atomic E-state index is 0.0985. The number of nitrogens with one attached hydrogen (secondary N) is 1. The number of hydrogen-bond acceptors (Lipinski definition) is 4. The van der Waals surface area contributed by atoms with E-state index in [9.17, 15) is 13.2 Å². The molecule has 0 bridgehead atoms. The molecule has 0 radical (unpaired) electrons. The fourth-order valence-corrected chi connectivity index (χ4v) is 6.69. The SMILES string of the molecule is CC[C@@H](NC(=O)[C@H]1CN(S(=O)(=O)c2ccc(C)cc2)c2ccc(C)cc2O1)c1ccc2c(c1)CCCC2. The van der Waals surface area contributed by atoms with Crippen molar-refractivity contribution in [2.45, 2.75) is 69.9 Å². The van der Waals surface area contributed by atoms with Crippen molar-refractivity contribution < 1.29 is 17.9 Å². The van der Waals surface area contributed by atoms with Gasteiger partial charge >= 0.3 is 0 Å². The third-order valence-electron chi connectivity index (χ3n) is 7.39. The second kappa shape index (κ2) is 10.2. The van der Waals surface area contributed by atoms with Crippen LogP contribution >= 0.6 is 0 Å². The van der Waals surface area contributed by atoms with Gasteiger partial charge in [-0.2, -0.15) is 0 Å². The maximum absolute atomic E-state index is 13.7. The van der Waals surface area contributed by atoms with Crippen LogP contribution in [0.5, 0.6) is 5.75 Å². The van der Waals surface area contributed by atoms with Crippen LogP contribution in [0.4, 0.5) is 5.69 Å². The summed E-state index contributed by atoms with van der Waals surface area (Å²) in [5.41, 5.74) is 6.18. The van der Waals surface area contributed by atoms with Crippen LogP contribution in [0.1, 0.15) is 60.0 Å². The lowest BCUT2D eigenvalue weighted by atomic mass is 9.88. The summed E-state index contributed by atoms with van der Waals surface area (Å²) in [5, 5.41) is 3.14. The summed E-state index contributed by atoms with van der Waals surface area (Å²) in [7, 11) is -3.89. The largest absolute Gasteiger partial charge is 0.476 e. The number of carbonyl (C=O) groups is 1. The average molecular weight is 519 g/mol. The van der Waals surface area contributed by atoms with Crippen LogP contribution in [-0.4, -0.2) is 27.0 Å². The van der Waals surface area contributed by atoms with E-state index < -0.39 is 16.1 Å². The molecule has 3 aromatic rings. The van der Waals surface area contributed by atoms with E-state index in [0.29, 0.717) is 11.4 Å². The fraction of sp³-hybridized carbons (Fsp3) is 0.367. The van der Waals surface area contributed by atoms with E-state index in [1.54, 1.807) is 36.4 Å². The molecule has 6 nitrogen and oxygen atoms in total. The van der Waals surface area contributed by atoms with Crippen molar-refractivity contribution >= 4 is 21.6 Å². The van der Waals surface area contributed by atoms with Gasteiger partial charge in [-0.3, -0.25) is 9.10 Å². The number of rotatable bonds is 6. The number of fused-ring (bicyclic) bond motifs is 2. The molecule has 0 saturated carbocycles. The van der Waals surface area contributed by atoms with Crippen molar-refractivity contribution in [3.8, 4) is 5.75 Å². The molecule has 37 heavy (non-hydrogen) atoms. The molecule has 1 amide bonds. The standard InChI is InChI=1S/C30H34N2O4S/c1-4-26(24-13-12-22-7-5-6-8-23(22)18-24)31-30(33)29-19-32(27-16-11-21(3)17-28(27)36-29)37(34,35)25-14-9-20(2)10-15-25/h9-18,26,29H,4-8,19H2,1-3H3,(H,31,33)/t26-,29-/m1/s1. The highest BCUT2D eigenvalue weighted by Gasteiger charge is 2.38. The lowest BCUT2D eigenvalue weighted by Crippen LogP contribution is -2.51. The van der Waals surface area contributed by atoms with Gasteiger partial charge in [0, 0.05) is 0 Å². The maximum atomic E-state index is 13.7. The number of hydrogen-bond donors (Lipinski definition) is 1. The molecule has 2 atom stereocenters. The van der Waals surface area contributed by atoms with Gasteiger partial charge in [0.15, 0.2) is 6.10 Å². The first-order valence-corrected chi connectivity index (χ1v) is 14.5. The van der Waals surface area contributed by atoms with Gasteiger partial charge in [-0.05, 0) is 92.5 Å². The van der Waals surface area contributed by atoms with Gasteiger partial charge in [-0.15, -0.1) is 0 Å². The molecule has 7 heteroatoms. The lowest BCUT2D eigenvalue weighted by Gasteiger charge is -2.35. The molecule has 1 aliphatic heterocycles. The van der Waals surface area contributed by atoms with Crippen LogP contribution < -0.4 is 14.4 Å². The zero-order valence-corrected chi connectivity index (χ0v) is 22.5. The van der Waals surface area contributed by atoms with Crippen LogP contribution in [0.3, 0.4) is 0 Å². The van der Waals surface area contributed by atoms with Crippen molar-refractivity contribution in [1.29, 1.82) is 0 Å². The highest BCUT2D eigenvalue weighted by molar-refractivity contribution is 7.92. The molecule has 0 fully saturated rings. The molecular weight excluding hydrogens is 484 g/mol. The van der Waals surface area contributed by atoms with E-state index in [0.717, 1.165) is 36.0 Å². The molecule has 5 rings (SSSR count). The van der Waals surface area contributed by atoms with Crippen molar-refractivity contribution in [3.63, 3.8) is 0 Å². The number of carbonyl (C=O) groups excluding carboxylic acids is 1. The highest BCUT2D eigenvalue weighted by Crippen LogP contribution is 2.38. The Morgan fingerprint density at radius 2 is 1.68 bits per heavy atom. The number of nitrogens with zero attached hydrogens (tertiary/aromatic N) is 1. The van der Waals surface area contributed by atoms with Crippen LogP contribution in [-0.2, 0) is 27.7 Å². The summed E-state index contributed by atoms with van der Waals surface area (Å²) >= 11 is 0. The van der Waals surface area contributed by atoms with Gasteiger partial charge in [-0.25, -0.2) is 8.42 Å². The number of aryl methyl sites for hydroxylation is 4. The highest BCUT2D eigenvalue weighted by atomic mass is 32.2. The van der Waals surface area contributed by atoms with Crippen molar-refractivity contribution in [2.24, 2.45) is 0 Å². The smallest absolute Gasteiger partial charge is 0.264 e. The van der Waals surface area contributed by atoms with Crippen molar-refractivity contribution in [1.82, 2.24) is 5.32 Å². The Morgan fingerprint density at radius 1 is 0.973 bits per heavy atom. The number of benzene rings is 3. The molecular formula is C30H34N2O4S. The molecule has 0 spiro atoms. The molecule has 194 valence electrons. The summed E-state index contributed by atoms with van der Waals surface area (Å²) in [6.45, 7) is 5.77. The molecule has 1 N–H and O–H groups in total. The quantitative estimate of drug-likeness (QED) is 0.474. The number of ether oxygens (including phenoxy) is 1. The summed E-state index contributed by atoms with van der Waals surface area (Å²) in [6.07, 6.45) is 4.35. The predicted molar refractivity (Wildman–Crippen MR) is 146 cm³/mol. The first-order chi connectivity index (χ1) is 17.8. The molecule has 1 heterocycles. The van der Waals surface area contributed by atoms with Crippen molar-refractivity contribution in [2.75, 3.05) is 10.8 Å². The van der Waals surface area contributed by atoms with Gasteiger partial charge in [0.05, 0.1) is 23.2 Å². The fourth-order valence-electron chi connectivity index (χ4n) is 5.22. The Labute approximate surface area is 219 Å². The van der Waals surface area contributed by atoms with Crippen LogP contribution in [0.15, 0.2) is 65.6 Å². The topological polar surface area (TPSA) is 75.7 Å². The molecule has 1 aliphatic carbocycles. The zero-order valence-electron chi connectivity index (χ0n) is 21.7. The van der Waals surface area contributed by atoms with Gasteiger partial charge in [0.2, 0.25) is 0 Å². The van der Waals surface area contributed by atoms with E-state index in [1.807, 2.05) is 26.8 Å². The van der Waals surface area contributed by atoms with Crippen LogP contribution in [0, 0.1) is 13.8 Å². The minimum Gasteiger partial charge on any atom is -0.476 e. The first-order valence-electron chi connectivity index (χ1n) is 13.0. The second-order valence-electron chi connectivity index (χ2n) is 10.1. The van der Waals surface area contributed by atoms with E-state index in [2.05, 4.69) is 23.5 Å². The Morgan fingerprint density at radius 3 is 2.41 bits per heavy atom. The van der Waals surface area contributed by atoms with Gasteiger partial charge in [0.1, 0.15) is 5.75 Å². The van der Waals surface area contributed by atoms with E-state index in [1.165, 1.54) is 28.3 Å². The number of sulfonamides is 1. The summed E-state index contributed by atoms with van der Waals surface area (Å²) in [6, 6.07) is 18.5. The third kappa shape index (κ3) is 5.10. The summed E-state index contributed by atoms with van der Waals surface area (Å²) in [5.74, 6) is 0.0738. The maximum Gasteiger partial charge on any atom is 0.264 e. The van der Waals surface area contributed by atoms with Crippen molar-refractivity contribution in [3.05, 3.63) is 88.5 Å². The van der Waals surface area contributed by atoms with Gasteiger partial charge < -0.3 is 10.1 Å². The predicted octanol–water partition coefficient (Wildman–Crippen LogP) is 5.41. The van der Waals surface area contributed by atoms with E-state index in [4.69, 9.17) is 4.74 Å². The Bertz CT molecular complexity index is 1420. The second-order valence-corrected chi connectivity index (χ2v) is 12.0. The Balaban J connectivity index is 1.42. The molecule has 3 aromatic carbocycles. The molecule has 0 aromatic heterocycles. The zero-order chi connectivity index (χ0) is 26.2. The Kier molecular flexibility index (Phi) is 6.99. The summed E-state index contributed by atoms with van der Waals surface area (Å²) < 4.78 is 34.8. The van der Waals surface area contributed by atoms with Gasteiger partial charge in [0.25, 0.3) is 15.9 Å². The van der Waals surface area contributed by atoms with Crippen LogP contribution in [0.2, 0.25) is 0 Å². The monoisotopic (exact) mass is 518 g/mol. The number of amides is 1. The molecule has 2 aliphatic rings. The average Bonchev–Trinajstić information content (AvgIpc) is 2.90. The normalized spacial score (nSPS) is 17.8. The van der Waals surface area contributed by atoms with Gasteiger partial charge in [-0.1, -0.05) is 48.9 Å². The lowest BCUT2D eigenvalue weighted by molar-refractivity contribution is -0.128. The number of anilines is 1. The summed E-state index contributed by atoms with van der Waals surface area (Å²) in [4.78, 5) is 13.7. The minimum atomic E-state index is -3.89. The molecule has 0 saturated heterocycles. The van der Waals surface area contributed by atoms with E-state index >= 15 is 0 Å². The van der Waals surface area contributed by atoms with Crippen LogP contribution in [0.25, 0.3) is 0 Å². The Hall–Kier alpha value is -3.32. The van der Waals surface area contributed by atoms with E-state index in [-0.39, 0.29) is 23.4 Å². The molecule has 0 unspecified atom stereocenters.